The summed E-state index contributed by atoms with van der Waals surface area (Å²) < 4.78 is 10.6. The molecule has 0 unspecified atom stereocenters. The number of hydrogen-bond donors (Lipinski definition) is 1. The summed E-state index contributed by atoms with van der Waals surface area (Å²) in [7, 11) is 1.88. The highest BCUT2D eigenvalue weighted by Crippen LogP contribution is 2.14. The standard InChI is InChI=1S/C23H28N2O4/c1-5-14-28-21-12-6-18(7-13-21)15-25(4)16-22(26)24-20-10-8-19(9-11-20)23(27)29-17(2)3/h5-13,17H,1,14-16H2,2-4H3,(H,24,26). The van der Waals surface area contributed by atoms with Crippen LogP contribution in [0.3, 0.4) is 0 Å². The molecule has 1 N–H and O–H groups in total. The van der Waals surface area contributed by atoms with Gasteiger partial charge in [0.1, 0.15) is 12.4 Å². The second kappa shape index (κ2) is 11.0. The van der Waals surface area contributed by atoms with Crippen LogP contribution < -0.4 is 10.1 Å². The van der Waals surface area contributed by atoms with Crippen LogP contribution in [0.4, 0.5) is 5.69 Å². The van der Waals surface area contributed by atoms with Crippen molar-refractivity contribution >= 4 is 17.6 Å². The minimum absolute atomic E-state index is 0.129. The van der Waals surface area contributed by atoms with Crippen LogP contribution in [0.15, 0.2) is 61.2 Å². The molecule has 0 saturated heterocycles. The molecule has 6 heteroatoms. The predicted octanol–water partition coefficient (Wildman–Crippen LogP) is 3.89. The van der Waals surface area contributed by atoms with Crippen LogP contribution in [0.5, 0.6) is 5.75 Å². The average Bonchev–Trinajstić information content (AvgIpc) is 2.67. The van der Waals surface area contributed by atoms with Gasteiger partial charge in [0.2, 0.25) is 5.91 Å². The summed E-state index contributed by atoms with van der Waals surface area (Å²) in [5.41, 5.74) is 2.17. The van der Waals surface area contributed by atoms with E-state index in [9.17, 15) is 9.59 Å². The van der Waals surface area contributed by atoms with Crippen LogP contribution in [0.1, 0.15) is 29.8 Å². The van der Waals surface area contributed by atoms with Crippen LogP contribution in [-0.2, 0) is 16.1 Å². The van der Waals surface area contributed by atoms with Crippen LogP contribution >= 0.6 is 0 Å². The number of hydrogen-bond acceptors (Lipinski definition) is 5. The van der Waals surface area contributed by atoms with Gasteiger partial charge in [0.05, 0.1) is 18.2 Å². The lowest BCUT2D eigenvalue weighted by Crippen LogP contribution is -2.29. The summed E-state index contributed by atoms with van der Waals surface area (Å²) in [4.78, 5) is 26.0. The second-order valence-electron chi connectivity index (χ2n) is 7.00. The Balaban J connectivity index is 1.82. The van der Waals surface area contributed by atoms with E-state index in [-0.39, 0.29) is 24.5 Å². The first-order valence-corrected chi connectivity index (χ1v) is 9.49. The number of carbonyl (C=O) groups excluding carboxylic acids is 2. The number of amides is 1. The third-order valence-electron chi connectivity index (χ3n) is 3.90. The van der Waals surface area contributed by atoms with Crippen molar-refractivity contribution in [1.82, 2.24) is 4.90 Å². The Hall–Kier alpha value is -3.12. The topological polar surface area (TPSA) is 67.9 Å². The molecule has 0 aromatic heterocycles. The molecular weight excluding hydrogens is 368 g/mol. The van der Waals surface area contributed by atoms with Gasteiger partial charge in [0.25, 0.3) is 0 Å². The molecular formula is C23H28N2O4. The molecule has 0 aliphatic rings. The summed E-state index contributed by atoms with van der Waals surface area (Å²) in [6.45, 7) is 8.57. The van der Waals surface area contributed by atoms with E-state index in [1.165, 1.54) is 0 Å². The SMILES string of the molecule is C=CCOc1ccc(CN(C)CC(=O)Nc2ccc(C(=O)OC(C)C)cc2)cc1. The van der Waals surface area contributed by atoms with Crippen molar-refractivity contribution in [1.29, 1.82) is 0 Å². The van der Waals surface area contributed by atoms with E-state index in [1.807, 2.05) is 36.2 Å². The number of ether oxygens (including phenoxy) is 2. The van der Waals surface area contributed by atoms with E-state index in [2.05, 4.69) is 11.9 Å². The Morgan fingerprint density at radius 1 is 1.10 bits per heavy atom. The fraction of sp³-hybridized carbons (Fsp3) is 0.304. The van der Waals surface area contributed by atoms with Gasteiger partial charge in [-0.05, 0) is 62.9 Å². The summed E-state index contributed by atoms with van der Waals surface area (Å²) >= 11 is 0. The van der Waals surface area contributed by atoms with Crippen LogP contribution in [-0.4, -0.2) is 43.1 Å². The quantitative estimate of drug-likeness (QED) is 0.487. The zero-order chi connectivity index (χ0) is 21.2. The van der Waals surface area contributed by atoms with Gasteiger partial charge in [-0.15, -0.1) is 0 Å². The zero-order valence-corrected chi connectivity index (χ0v) is 17.2. The number of benzene rings is 2. The largest absolute Gasteiger partial charge is 0.490 e. The Kier molecular flexibility index (Phi) is 8.43. The highest BCUT2D eigenvalue weighted by atomic mass is 16.5. The third-order valence-corrected chi connectivity index (χ3v) is 3.90. The molecule has 0 radical (unpaired) electrons. The molecule has 0 heterocycles. The first-order chi connectivity index (χ1) is 13.9. The number of esters is 1. The summed E-state index contributed by atoms with van der Waals surface area (Å²) in [5.74, 6) is 0.282. The minimum Gasteiger partial charge on any atom is -0.490 e. The number of likely N-dealkylation sites (N-methyl/N-ethyl adjacent to an activating group) is 1. The van der Waals surface area contributed by atoms with Crippen LogP contribution in [0.2, 0.25) is 0 Å². The summed E-state index contributed by atoms with van der Waals surface area (Å²) in [5, 5.41) is 2.84. The van der Waals surface area contributed by atoms with Crippen molar-refractivity contribution in [2.24, 2.45) is 0 Å². The average molecular weight is 396 g/mol. The van der Waals surface area contributed by atoms with Gasteiger partial charge >= 0.3 is 5.97 Å². The highest BCUT2D eigenvalue weighted by molar-refractivity contribution is 5.94. The molecule has 1 amide bonds. The number of nitrogens with zero attached hydrogens (tertiary/aromatic N) is 1. The van der Waals surface area contributed by atoms with Crippen molar-refractivity contribution in [3.63, 3.8) is 0 Å². The molecule has 2 rings (SSSR count). The van der Waals surface area contributed by atoms with E-state index >= 15 is 0 Å². The van der Waals surface area contributed by atoms with Gasteiger partial charge in [-0.3, -0.25) is 9.69 Å². The van der Waals surface area contributed by atoms with Crippen LogP contribution in [0, 0.1) is 0 Å². The van der Waals surface area contributed by atoms with Gasteiger partial charge in [-0.1, -0.05) is 24.8 Å². The van der Waals surface area contributed by atoms with E-state index < -0.39 is 0 Å². The molecule has 0 atom stereocenters. The zero-order valence-electron chi connectivity index (χ0n) is 17.2. The van der Waals surface area contributed by atoms with E-state index in [0.717, 1.165) is 11.3 Å². The minimum atomic E-state index is -0.376. The van der Waals surface area contributed by atoms with Gasteiger partial charge in [0, 0.05) is 12.2 Å². The van der Waals surface area contributed by atoms with Crippen molar-refractivity contribution in [3.8, 4) is 5.75 Å². The normalized spacial score (nSPS) is 10.7. The highest BCUT2D eigenvalue weighted by Gasteiger charge is 2.11. The lowest BCUT2D eigenvalue weighted by atomic mass is 10.2. The maximum atomic E-state index is 12.3. The van der Waals surface area contributed by atoms with Gasteiger partial charge in [-0.2, -0.15) is 0 Å². The molecule has 0 aliphatic carbocycles. The lowest BCUT2D eigenvalue weighted by molar-refractivity contribution is -0.117. The lowest BCUT2D eigenvalue weighted by Gasteiger charge is -2.17. The molecule has 0 aliphatic heterocycles. The second-order valence-corrected chi connectivity index (χ2v) is 7.00. The molecule has 2 aromatic carbocycles. The fourth-order valence-electron chi connectivity index (χ4n) is 2.63. The molecule has 29 heavy (non-hydrogen) atoms. The fourth-order valence-corrected chi connectivity index (χ4v) is 2.63. The molecule has 6 nitrogen and oxygen atoms in total. The number of anilines is 1. The van der Waals surface area contributed by atoms with Crippen molar-refractivity contribution in [2.45, 2.75) is 26.5 Å². The maximum absolute atomic E-state index is 12.3. The third kappa shape index (κ3) is 7.79. The smallest absolute Gasteiger partial charge is 0.338 e. The van der Waals surface area contributed by atoms with Gasteiger partial charge in [0.15, 0.2) is 0 Å². The number of rotatable bonds is 10. The molecule has 154 valence electrons. The first kappa shape index (κ1) is 22.2. The molecule has 2 aromatic rings. The molecule has 0 bridgehead atoms. The Bertz CT molecular complexity index is 814. The number of nitrogens with one attached hydrogen (secondary N) is 1. The Labute approximate surface area is 172 Å². The summed E-state index contributed by atoms with van der Waals surface area (Å²) in [6.07, 6.45) is 1.53. The van der Waals surface area contributed by atoms with Crippen molar-refractivity contribution < 1.29 is 19.1 Å². The number of carbonyl (C=O) groups is 2. The van der Waals surface area contributed by atoms with Crippen molar-refractivity contribution in [2.75, 3.05) is 25.5 Å². The van der Waals surface area contributed by atoms with Gasteiger partial charge < -0.3 is 14.8 Å². The molecule has 0 saturated carbocycles. The van der Waals surface area contributed by atoms with Crippen LogP contribution in [0.25, 0.3) is 0 Å². The van der Waals surface area contributed by atoms with E-state index in [0.29, 0.717) is 24.4 Å². The first-order valence-electron chi connectivity index (χ1n) is 9.49. The van der Waals surface area contributed by atoms with Gasteiger partial charge in [-0.25, -0.2) is 4.79 Å². The molecule has 0 fully saturated rings. The predicted molar refractivity (Wildman–Crippen MR) is 114 cm³/mol. The summed E-state index contributed by atoms with van der Waals surface area (Å²) in [6, 6.07) is 14.4. The monoisotopic (exact) mass is 396 g/mol. The Morgan fingerprint density at radius 2 is 1.76 bits per heavy atom. The molecule has 0 spiro atoms. The maximum Gasteiger partial charge on any atom is 0.338 e. The van der Waals surface area contributed by atoms with E-state index in [4.69, 9.17) is 9.47 Å². The Morgan fingerprint density at radius 3 is 2.34 bits per heavy atom. The van der Waals surface area contributed by atoms with E-state index in [1.54, 1.807) is 44.2 Å². The van der Waals surface area contributed by atoms with Crippen molar-refractivity contribution in [3.05, 3.63) is 72.3 Å².